The summed E-state index contributed by atoms with van der Waals surface area (Å²) in [6.45, 7) is -0.908. The van der Waals surface area contributed by atoms with E-state index in [2.05, 4.69) is 0 Å². The second-order valence-corrected chi connectivity index (χ2v) is 6.91. The largest absolute Gasteiger partial charge is 0.472 e. The highest BCUT2D eigenvalue weighted by Crippen LogP contribution is 2.59. The lowest BCUT2D eigenvalue weighted by molar-refractivity contribution is -0.344. The molecule has 0 radical (unpaired) electrons. The molecule has 10 heteroatoms. The van der Waals surface area contributed by atoms with Crippen LogP contribution in [-0.4, -0.2) is 98.7 Å². The van der Waals surface area contributed by atoms with Crippen LogP contribution in [0.4, 0.5) is 0 Å². The Morgan fingerprint density at radius 2 is 1.72 bits per heavy atom. The van der Waals surface area contributed by atoms with E-state index in [1.807, 2.05) is 0 Å². The number of epoxide rings is 1. The summed E-state index contributed by atoms with van der Waals surface area (Å²) in [5.74, 6) is -0.913. The van der Waals surface area contributed by atoms with Gasteiger partial charge in [0.25, 0.3) is 0 Å². The molecule has 3 aliphatic heterocycles. The predicted molar refractivity (Wildman–Crippen MR) is 76.5 cm³/mol. The molecule has 0 bridgehead atoms. The van der Waals surface area contributed by atoms with Gasteiger partial charge in [0.15, 0.2) is 6.29 Å². The highest BCUT2D eigenvalue weighted by atomic mass is 16.8. The number of ether oxygens (including phenoxy) is 4. The van der Waals surface area contributed by atoms with E-state index in [0.717, 1.165) is 0 Å². The van der Waals surface area contributed by atoms with E-state index >= 15 is 0 Å². The fourth-order valence-corrected chi connectivity index (χ4v) is 4.17. The molecule has 2 saturated heterocycles. The maximum atomic E-state index is 10.3. The van der Waals surface area contributed by atoms with Crippen LogP contribution in [0.2, 0.25) is 0 Å². The van der Waals surface area contributed by atoms with Crippen molar-refractivity contribution in [3.63, 3.8) is 0 Å². The Morgan fingerprint density at radius 3 is 2.40 bits per heavy atom. The first-order valence-electron chi connectivity index (χ1n) is 8.19. The van der Waals surface area contributed by atoms with Crippen molar-refractivity contribution in [3.05, 3.63) is 12.3 Å². The van der Waals surface area contributed by atoms with Crippen LogP contribution in [0.25, 0.3) is 0 Å². The van der Waals surface area contributed by atoms with Crippen molar-refractivity contribution in [2.45, 2.75) is 54.8 Å². The first-order valence-corrected chi connectivity index (χ1v) is 8.19. The van der Waals surface area contributed by atoms with Gasteiger partial charge in [-0.15, -0.1) is 0 Å². The zero-order chi connectivity index (χ0) is 17.9. The van der Waals surface area contributed by atoms with Crippen LogP contribution >= 0.6 is 0 Å². The molecule has 3 heterocycles. The van der Waals surface area contributed by atoms with Crippen molar-refractivity contribution in [2.24, 2.45) is 11.8 Å². The summed E-state index contributed by atoms with van der Waals surface area (Å²) in [5.41, 5.74) is -0.992. The molecule has 0 aromatic carbocycles. The van der Waals surface area contributed by atoms with Gasteiger partial charge < -0.3 is 49.6 Å². The quantitative estimate of drug-likeness (QED) is 0.276. The van der Waals surface area contributed by atoms with Crippen LogP contribution in [0.5, 0.6) is 0 Å². The molecule has 11 atom stereocenters. The van der Waals surface area contributed by atoms with Crippen molar-refractivity contribution in [2.75, 3.05) is 13.2 Å². The number of aliphatic hydroxyl groups excluding tert-OH is 6. The van der Waals surface area contributed by atoms with Crippen LogP contribution < -0.4 is 0 Å². The molecule has 4 aliphatic rings. The minimum Gasteiger partial charge on any atom is -0.472 e. The summed E-state index contributed by atoms with van der Waals surface area (Å²) >= 11 is 0. The van der Waals surface area contributed by atoms with E-state index in [4.69, 9.17) is 18.9 Å². The van der Waals surface area contributed by atoms with Gasteiger partial charge in [0, 0.05) is 5.92 Å². The molecule has 3 fully saturated rings. The number of aliphatic hydroxyl groups is 6. The first kappa shape index (κ1) is 17.6. The summed E-state index contributed by atoms with van der Waals surface area (Å²) < 4.78 is 21.9. The van der Waals surface area contributed by atoms with E-state index in [0.29, 0.717) is 0 Å². The minimum atomic E-state index is -1.57. The predicted octanol–water partition coefficient (Wildman–Crippen LogP) is -3.59. The normalized spacial score (nSPS) is 56.9. The zero-order valence-corrected chi connectivity index (χ0v) is 13.2. The second-order valence-electron chi connectivity index (χ2n) is 6.91. The van der Waals surface area contributed by atoms with Crippen molar-refractivity contribution in [1.29, 1.82) is 0 Å². The fraction of sp³-hybridized carbons (Fsp3) is 0.867. The van der Waals surface area contributed by atoms with Crippen LogP contribution in [0.1, 0.15) is 0 Å². The third-order valence-corrected chi connectivity index (χ3v) is 5.62. The lowest BCUT2D eigenvalue weighted by Crippen LogP contribution is -2.60. The van der Waals surface area contributed by atoms with E-state index < -0.39 is 67.3 Å². The van der Waals surface area contributed by atoms with Gasteiger partial charge in [0.05, 0.1) is 31.5 Å². The van der Waals surface area contributed by atoms with Gasteiger partial charge in [-0.3, -0.25) is 0 Å². The Labute approximate surface area is 142 Å². The van der Waals surface area contributed by atoms with Crippen molar-refractivity contribution < 1.29 is 49.6 Å². The summed E-state index contributed by atoms with van der Waals surface area (Å²) in [4.78, 5) is 0. The molecular formula is C15H22O10. The van der Waals surface area contributed by atoms with Gasteiger partial charge in [-0.1, -0.05) is 0 Å². The Morgan fingerprint density at radius 1 is 0.960 bits per heavy atom. The third-order valence-electron chi connectivity index (χ3n) is 5.62. The molecule has 25 heavy (non-hydrogen) atoms. The molecule has 1 saturated carbocycles. The fourth-order valence-electron chi connectivity index (χ4n) is 4.17. The highest BCUT2D eigenvalue weighted by Gasteiger charge is 2.75. The molecule has 4 rings (SSSR count). The molecule has 0 unspecified atom stereocenters. The summed E-state index contributed by atoms with van der Waals surface area (Å²) in [7, 11) is 0. The van der Waals surface area contributed by atoms with Gasteiger partial charge >= 0.3 is 0 Å². The summed E-state index contributed by atoms with van der Waals surface area (Å²) in [5, 5.41) is 59.0. The van der Waals surface area contributed by atoms with E-state index in [1.54, 1.807) is 6.08 Å². The molecule has 0 spiro atoms. The van der Waals surface area contributed by atoms with E-state index in [1.165, 1.54) is 6.26 Å². The average molecular weight is 362 g/mol. The third kappa shape index (κ3) is 2.45. The molecule has 10 nitrogen and oxygen atoms in total. The molecule has 1 aliphatic carbocycles. The molecule has 142 valence electrons. The SMILES string of the molecule is OC[C@@H]1O[C@H](O[C@@H]2OC=C[C@H]3[C@H](O)[C@@H]4O[C@]4(CO)[C@@H]23)[C@@H](O)[C@H](O)[C@H]1O. The molecule has 0 aromatic rings. The van der Waals surface area contributed by atoms with Crippen molar-refractivity contribution in [3.8, 4) is 0 Å². The lowest BCUT2D eigenvalue weighted by Gasteiger charge is -2.43. The summed E-state index contributed by atoms with van der Waals surface area (Å²) in [6, 6.07) is 0. The first-order chi connectivity index (χ1) is 11.9. The smallest absolute Gasteiger partial charge is 0.208 e. The van der Waals surface area contributed by atoms with Crippen LogP contribution in [0, 0.1) is 11.8 Å². The maximum absolute atomic E-state index is 10.3. The topological polar surface area (TPSA) is 162 Å². The number of hydrogen-bond acceptors (Lipinski definition) is 10. The number of rotatable bonds is 4. The van der Waals surface area contributed by atoms with Gasteiger partial charge in [0.2, 0.25) is 6.29 Å². The van der Waals surface area contributed by atoms with Gasteiger partial charge in [-0.05, 0) is 6.08 Å². The minimum absolute atomic E-state index is 0.332. The molecule has 0 aromatic heterocycles. The van der Waals surface area contributed by atoms with Crippen LogP contribution in [-0.2, 0) is 18.9 Å². The van der Waals surface area contributed by atoms with Crippen molar-refractivity contribution >= 4 is 0 Å². The molecular weight excluding hydrogens is 340 g/mol. The maximum Gasteiger partial charge on any atom is 0.208 e. The number of fused-ring (bicyclic) bond motifs is 3. The average Bonchev–Trinajstić information content (AvgIpc) is 3.31. The zero-order valence-electron chi connectivity index (χ0n) is 13.2. The van der Waals surface area contributed by atoms with Gasteiger partial charge in [-0.25, -0.2) is 0 Å². The summed E-state index contributed by atoms with van der Waals surface area (Å²) in [6.07, 6.45) is -6.47. The molecule has 6 N–H and O–H groups in total. The van der Waals surface area contributed by atoms with E-state index in [-0.39, 0.29) is 12.5 Å². The Kier molecular flexibility index (Phi) is 4.30. The van der Waals surface area contributed by atoms with E-state index in [9.17, 15) is 30.6 Å². The Hall–Kier alpha value is -0.820. The Bertz CT molecular complexity index is 540. The highest BCUT2D eigenvalue weighted by molar-refractivity contribution is 5.24. The lowest BCUT2D eigenvalue weighted by atomic mass is 9.85. The van der Waals surface area contributed by atoms with Gasteiger partial charge in [-0.2, -0.15) is 0 Å². The second kappa shape index (κ2) is 6.12. The van der Waals surface area contributed by atoms with Crippen LogP contribution in [0.15, 0.2) is 12.3 Å². The van der Waals surface area contributed by atoms with Crippen molar-refractivity contribution in [1.82, 2.24) is 0 Å². The standard InChI is InChI=1S/C15H22O10/c16-3-6-9(19)10(20)11(21)14(23-6)24-13-7-5(1-2-22-13)8(18)12-15(7,4-17)25-12/h1-2,5-14,16-21H,3-4H2/t5-,6+,7-,8+,9+,10-,11+,12+,13+,14-,15-/m1/s1. The van der Waals surface area contributed by atoms with Crippen LogP contribution in [0.3, 0.4) is 0 Å². The monoisotopic (exact) mass is 362 g/mol. The Balaban J connectivity index is 1.53. The molecule has 0 amide bonds. The number of hydrogen-bond donors (Lipinski definition) is 6. The van der Waals surface area contributed by atoms with Gasteiger partial charge in [0.1, 0.15) is 36.1 Å².